The van der Waals surface area contributed by atoms with E-state index < -0.39 is 17.6 Å². The third kappa shape index (κ3) is 5.64. The molecule has 0 radical (unpaired) electrons. The summed E-state index contributed by atoms with van der Waals surface area (Å²) in [7, 11) is 0. The standard InChI is InChI=1S/C18H19F3N2O2.ClH/c1-2-9-25-16-8-7-14(18(19,20)21)10-15(16)23-17(24)13-5-3-12(11-22)4-6-13;/h3-8,10H,2,9,11,22H2,1H3,(H,23,24);1H. The van der Waals surface area contributed by atoms with Crippen LogP contribution < -0.4 is 15.8 Å². The molecule has 1 amide bonds. The Hall–Kier alpha value is -2.25. The van der Waals surface area contributed by atoms with Crippen molar-refractivity contribution in [3.05, 3.63) is 59.2 Å². The van der Waals surface area contributed by atoms with Crippen LogP contribution in [-0.4, -0.2) is 12.5 Å². The van der Waals surface area contributed by atoms with Crippen molar-refractivity contribution in [3.63, 3.8) is 0 Å². The van der Waals surface area contributed by atoms with Gasteiger partial charge in [0.1, 0.15) is 5.75 Å². The zero-order valence-corrected chi connectivity index (χ0v) is 14.9. The first kappa shape index (κ1) is 21.8. The Morgan fingerprint density at radius 1 is 1.15 bits per heavy atom. The Bertz CT molecular complexity index is 734. The number of amides is 1. The number of ether oxygens (including phenoxy) is 1. The van der Waals surface area contributed by atoms with Gasteiger partial charge >= 0.3 is 6.18 Å². The molecule has 0 bridgehead atoms. The number of hydrogen-bond donors (Lipinski definition) is 2. The number of benzene rings is 2. The summed E-state index contributed by atoms with van der Waals surface area (Å²) in [5, 5.41) is 2.49. The lowest BCUT2D eigenvalue weighted by atomic mass is 10.1. The number of anilines is 1. The zero-order chi connectivity index (χ0) is 18.4. The lowest BCUT2D eigenvalue weighted by Crippen LogP contribution is -2.15. The Labute approximate surface area is 155 Å². The molecular weight excluding hydrogens is 369 g/mol. The second kappa shape index (κ2) is 9.45. The molecule has 2 aromatic carbocycles. The van der Waals surface area contributed by atoms with E-state index >= 15 is 0 Å². The molecule has 0 spiro atoms. The minimum absolute atomic E-state index is 0. The SMILES string of the molecule is CCCOc1ccc(C(F)(F)F)cc1NC(=O)c1ccc(CN)cc1.Cl. The number of hydrogen-bond acceptors (Lipinski definition) is 3. The molecule has 142 valence electrons. The van der Waals surface area contributed by atoms with Crippen LogP contribution in [-0.2, 0) is 12.7 Å². The van der Waals surface area contributed by atoms with Gasteiger partial charge in [0.05, 0.1) is 17.9 Å². The van der Waals surface area contributed by atoms with Crippen LogP contribution in [0.5, 0.6) is 5.75 Å². The first-order valence-electron chi connectivity index (χ1n) is 7.79. The first-order chi connectivity index (χ1) is 11.8. The highest BCUT2D eigenvalue weighted by Gasteiger charge is 2.31. The minimum Gasteiger partial charge on any atom is -0.491 e. The fourth-order valence-electron chi connectivity index (χ4n) is 2.13. The van der Waals surface area contributed by atoms with Crippen LogP contribution in [0.15, 0.2) is 42.5 Å². The second-order valence-corrected chi connectivity index (χ2v) is 5.41. The van der Waals surface area contributed by atoms with Crippen molar-refractivity contribution in [2.45, 2.75) is 26.1 Å². The summed E-state index contributed by atoms with van der Waals surface area (Å²) in [6.45, 7) is 2.55. The molecule has 0 aliphatic carbocycles. The molecule has 2 aromatic rings. The van der Waals surface area contributed by atoms with E-state index in [-0.39, 0.29) is 23.8 Å². The molecule has 0 heterocycles. The monoisotopic (exact) mass is 388 g/mol. The molecule has 0 saturated heterocycles. The number of nitrogens with one attached hydrogen (secondary N) is 1. The molecule has 26 heavy (non-hydrogen) atoms. The van der Waals surface area contributed by atoms with E-state index in [9.17, 15) is 18.0 Å². The van der Waals surface area contributed by atoms with E-state index in [2.05, 4.69) is 5.32 Å². The van der Waals surface area contributed by atoms with E-state index in [1.807, 2.05) is 6.92 Å². The van der Waals surface area contributed by atoms with Gasteiger partial charge in [0.2, 0.25) is 0 Å². The Kier molecular flexibility index (Phi) is 7.92. The van der Waals surface area contributed by atoms with Crippen LogP contribution in [0.2, 0.25) is 0 Å². The predicted octanol–water partition coefficient (Wildman–Crippen LogP) is 4.63. The maximum absolute atomic E-state index is 12.9. The highest BCUT2D eigenvalue weighted by atomic mass is 35.5. The van der Waals surface area contributed by atoms with Gasteiger partial charge in [0.15, 0.2) is 0 Å². The average molecular weight is 389 g/mol. The fourth-order valence-corrected chi connectivity index (χ4v) is 2.13. The number of alkyl halides is 3. The maximum atomic E-state index is 12.9. The van der Waals surface area contributed by atoms with E-state index in [1.54, 1.807) is 24.3 Å². The summed E-state index contributed by atoms with van der Waals surface area (Å²) in [6, 6.07) is 9.53. The van der Waals surface area contributed by atoms with Gasteiger partial charge in [0, 0.05) is 12.1 Å². The topological polar surface area (TPSA) is 64.3 Å². The Morgan fingerprint density at radius 2 is 1.81 bits per heavy atom. The first-order valence-corrected chi connectivity index (χ1v) is 7.79. The molecular formula is C18H20ClF3N2O2. The molecule has 0 saturated carbocycles. The Morgan fingerprint density at radius 3 is 2.35 bits per heavy atom. The maximum Gasteiger partial charge on any atom is 0.416 e. The van der Waals surface area contributed by atoms with Crippen LogP contribution in [0.4, 0.5) is 18.9 Å². The molecule has 0 aromatic heterocycles. The van der Waals surface area contributed by atoms with Crippen LogP contribution >= 0.6 is 12.4 Å². The summed E-state index contributed by atoms with van der Waals surface area (Å²) in [5.74, 6) is -0.328. The zero-order valence-electron chi connectivity index (χ0n) is 14.1. The molecule has 3 N–H and O–H groups in total. The van der Waals surface area contributed by atoms with Crippen molar-refractivity contribution in [2.75, 3.05) is 11.9 Å². The van der Waals surface area contributed by atoms with Crippen molar-refractivity contribution < 1.29 is 22.7 Å². The molecule has 0 unspecified atom stereocenters. The highest BCUT2D eigenvalue weighted by molar-refractivity contribution is 6.05. The third-order valence-corrected chi connectivity index (χ3v) is 3.47. The normalized spacial score (nSPS) is 10.8. The van der Waals surface area contributed by atoms with Crippen LogP contribution in [0.3, 0.4) is 0 Å². The van der Waals surface area contributed by atoms with Gasteiger partial charge in [-0.3, -0.25) is 4.79 Å². The van der Waals surface area contributed by atoms with E-state index in [0.717, 1.165) is 17.7 Å². The van der Waals surface area contributed by atoms with Gasteiger partial charge in [-0.2, -0.15) is 13.2 Å². The highest BCUT2D eigenvalue weighted by Crippen LogP contribution is 2.35. The summed E-state index contributed by atoms with van der Waals surface area (Å²) < 4.78 is 44.2. The third-order valence-electron chi connectivity index (χ3n) is 3.47. The molecule has 4 nitrogen and oxygen atoms in total. The molecule has 0 aliphatic heterocycles. The smallest absolute Gasteiger partial charge is 0.416 e. The van der Waals surface area contributed by atoms with E-state index in [4.69, 9.17) is 10.5 Å². The summed E-state index contributed by atoms with van der Waals surface area (Å²) in [5.41, 5.74) is 5.79. The van der Waals surface area contributed by atoms with Gasteiger partial charge in [-0.05, 0) is 42.3 Å². The number of carbonyl (C=O) groups is 1. The summed E-state index contributed by atoms with van der Waals surface area (Å²) in [6.07, 6.45) is -3.82. The molecule has 2 rings (SSSR count). The van der Waals surface area contributed by atoms with Crippen LogP contribution in [0.1, 0.15) is 34.8 Å². The van der Waals surface area contributed by atoms with Gasteiger partial charge in [-0.15, -0.1) is 12.4 Å². The van der Waals surface area contributed by atoms with Crippen molar-refractivity contribution in [1.29, 1.82) is 0 Å². The van der Waals surface area contributed by atoms with Gasteiger partial charge in [-0.1, -0.05) is 19.1 Å². The molecule has 8 heteroatoms. The van der Waals surface area contributed by atoms with Gasteiger partial charge in [-0.25, -0.2) is 0 Å². The summed E-state index contributed by atoms with van der Waals surface area (Å²) >= 11 is 0. The average Bonchev–Trinajstić information content (AvgIpc) is 2.59. The minimum atomic E-state index is -4.51. The van der Waals surface area contributed by atoms with Crippen molar-refractivity contribution in [2.24, 2.45) is 5.73 Å². The number of carbonyl (C=O) groups excluding carboxylic acids is 1. The summed E-state index contributed by atoms with van der Waals surface area (Å²) in [4.78, 5) is 12.3. The number of rotatable bonds is 6. The molecule has 0 atom stereocenters. The quantitative estimate of drug-likeness (QED) is 0.758. The fraction of sp³-hybridized carbons (Fsp3) is 0.278. The largest absolute Gasteiger partial charge is 0.491 e. The predicted molar refractivity (Wildman–Crippen MR) is 96.8 cm³/mol. The molecule has 0 aliphatic rings. The Balaban J connectivity index is 0.00000338. The lowest BCUT2D eigenvalue weighted by molar-refractivity contribution is -0.137. The van der Waals surface area contributed by atoms with Crippen molar-refractivity contribution >= 4 is 24.0 Å². The van der Waals surface area contributed by atoms with Crippen molar-refractivity contribution in [3.8, 4) is 5.75 Å². The van der Waals surface area contributed by atoms with Crippen molar-refractivity contribution in [1.82, 2.24) is 0 Å². The van der Waals surface area contributed by atoms with Crippen LogP contribution in [0, 0.1) is 0 Å². The molecule has 0 fully saturated rings. The van der Waals surface area contributed by atoms with Crippen LogP contribution in [0.25, 0.3) is 0 Å². The van der Waals surface area contributed by atoms with E-state index in [1.165, 1.54) is 6.07 Å². The number of halogens is 4. The van der Waals surface area contributed by atoms with Gasteiger partial charge in [0.25, 0.3) is 5.91 Å². The lowest BCUT2D eigenvalue weighted by Gasteiger charge is -2.15. The van der Waals surface area contributed by atoms with E-state index in [0.29, 0.717) is 25.1 Å². The second-order valence-electron chi connectivity index (χ2n) is 5.41. The number of nitrogens with two attached hydrogens (primary N) is 1. The van der Waals surface area contributed by atoms with Gasteiger partial charge < -0.3 is 15.8 Å².